The van der Waals surface area contributed by atoms with Crippen molar-refractivity contribution in [3.8, 4) is 0 Å². The van der Waals surface area contributed by atoms with Gasteiger partial charge in [0.1, 0.15) is 11.9 Å². The molecule has 7 nitrogen and oxygen atoms in total. The fraction of sp³-hybridized carbons (Fsp3) is 0.303. The van der Waals surface area contributed by atoms with E-state index in [2.05, 4.69) is 21.6 Å². The van der Waals surface area contributed by atoms with E-state index in [1.165, 1.54) is 12.1 Å². The highest BCUT2D eigenvalue weighted by Gasteiger charge is 2.36. The average molecular weight is 553 g/mol. The van der Waals surface area contributed by atoms with Crippen LogP contribution in [-0.2, 0) is 22.4 Å². The van der Waals surface area contributed by atoms with E-state index in [-0.39, 0.29) is 36.1 Å². The summed E-state index contributed by atoms with van der Waals surface area (Å²) in [4.78, 5) is 43.5. The third-order valence-electron chi connectivity index (χ3n) is 8.34. The highest BCUT2D eigenvalue weighted by molar-refractivity contribution is 5.97. The van der Waals surface area contributed by atoms with Gasteiger partial charge in [-0.3, -0.25) is 19.3 Å². The summed E-state index contributed by atoms with van der Waals surface area (Å²) in [5.74, 6) is -0.676. The lowest BCUT2D eigenvalue weighted by Crippen LogP contribution is -2.54. The Hall–Kier alpha value is -4.30. The Bertz CT molecular complexity index is 1490. The summed E-state index contributed by atoms with van der Waals surface area (Å²) in [5, 5.41) is 6.01. The molecule has 1 unspecified atom stereocenters. The molecule has 0 saturated heterocycles. The SMILES string of the molecule is O=C(CN1CCc2cccc3c2C1CNC3=O)N[C@@H](Cc1ccccc1)C(=O)N1CC=C(c2ccc(F)cc2)CC1. The fourth-order valence-corrected chi connectivity index (χ4v) is 6.22. The summed E-state index contributed by atoms with van der Waals surface area (Å²) in [6.45, 7) is 2.25. The van der Waals surface area contributed by atoms with Crippen molar-refractivity contribution >= 4 is 23.3 Å². The molecule has 0 bridgehead atoms. The second-order valence-corrected chi connectivity index (χ2v) is 10.9. The van der Waals surface area contributed by atoms with Crippen molar-refractivity contribution in [3.63, 3.8) is 0 Å². The zero-order valence-electron chi connectivity index (χ0n) is 22.8. The molecule has 8 heteroatoms. The largest absolute Gasteiger partial charge is 0.350 e. The Morgan fingerprint density at radius 3 is 2.54 bits per heavy atom. The number of hydrogen-bond donors (Lipinski definition) is 2. The molecule has 0 aromatic heterocycles. The predicted molar refractivity (Wildman–Crippen MR) is 154 cm³/mol. The smallest absolute Gasteiger partial charge is 0.251 e. The second kappa shape index (κ2) is 11.7. The second-order valence-electron chi connectivity index (χ2n) is 10.9. The molecule has 2 N–H and O–H groups in total. The first kappa shape index (κ1) is 26.9. The standard InChI is InChI=1S/C33H33FN4O3/c34-26-11-9-23(10-12-26)24-13-16-37(17-14-24)33(41)28(19-22-5-2-1-3-6-22)36-30(39)21-38-18-15-25-7-4-8-27-31(25)29(38)20-35-32(27)40/h1-13,28-29H,14-21H2,(H,35,40)(H,36,39)/t28-,29?/m0/s1. The lowest BCUT2D eigenvalue weighted by Gasteiger charge is -2.40. The van der Waals surface area contributed by atoms with E-state index in [1.54, 1.807) is 17.0 Å². The van der Waals surface area contributed by atoms with Crippen molar-refractivity contribution in [1.82, 2.24) is 20.4 Å². The van der Waals surface area contributed by atoms with E-state index < -0.39 is 6.04 Å². The van der Waals surface area contributed by atoms with Crippen LogP contribution < -0.4 is 10.6 Å². The van der Waals surface area contributed by atoms with E-state index in [0.717, 1.165) is 34.2 Å². The lowest BCUT2D eigenvalue weighted by atomic mass is 9.86. The van der Waals surface area contributed by atoms with Crippen molar-refractivity contribution in [3.05, 3.63) is 113 Å². The molecule has 3 amide bonds. The Labute approximate surface area is 239 Å². The van der Waals surface area contributed by atoms with Crippen LogP contribution in [0.15, 0.2) is 78.9 Å². The van der Waals surface area contributed by atoms with Crippen molar-refractivity contribution in [2.24, 2.45) is 0 Å². The zero-order valence-corrected chi connectivity index (χ0v) is 22.8. The van der Waals surface area contributed by atoms with Crippen LogP contribution in [0.5, 0.6) is 0 Å². The Morgan fingerprint density at radius 2 is 1.78 bits per heavy atom. The first-order valence-electron chi connectivity index (χ1n) is 14.2. The quantitative estimate of drug-likeness (QED) is 0.470. The number of nitrogens with one attached hydrogen (secondary N) is 2. The van der Waals surface area contributed by atoms with E-state index in [4.69, 9.17) is 0 Å². The third kappa shape index (κ3) is 5.79. The van der Waals surface area contributed by atoms with Crippen LogP contribution in [0.3, 0.4) is 0 Å². The molecule has 3 aliphatic rings. The van der Waals surface area contributed by atoms with Crippen LogP contribution in [0.2, 0.25) is 0 Å². The van der Waals surface area contributed by atoms with E-state index in [1.807, 2.05) is 48.5 Å². The van der Waals surface area contributed by atoms with Crippen molar-refractivity contribution in [1.29, 1.82) is 0 Å². The minimum atomic E-state index is -0.704. The molecule has 210 valence electrons. The maximum Gasteiger partial charge on any atom is 0.251 e. The minimum absolute atomic E-state index is 0.0706. The predicted octanol–water partition coefficient (Wildman–Crippen LogP) is 3.51. The monoisotopic (exact) mass is 552 g/mol. The number of carbonyl (C=O) groups excluding carboxylic acids is 3. The van der Waals surface area contributed by atoms with E-state index in [9.17, 15) is 18.8 Å². The molecular weight excluding hydrogens is 519 g/mol. The number of halogens is 1. The molecule has 41 heavy (non-hydrogen) atoms. The molecule has 0 fully saturated rings. The molecule has 6 rings (SSSR count). The van der Waals surface area contributed by atoms with Crippen LogP contribution >= 0.6 is 0 Å². The van der Waals surface area contributed by atoms with Gasteiger partial charge in [0.05, 0.1) is 12.6 Å². The number of rotatable bonds is 7. The normalized spacial score (nSPS) is 19.0. The van der Waals surface area contributed by atoms with Gasteiger partial charge < -0.3 is 15.5 Å². The van der Waals surface area contributed by atoms with Crippen LogP contribution in [-0.4, -0.2) is 66.3 Å². The zero-order chi connectivity index (χ0) is 28.3. The van der Waals surface area contributed by atoms with Crippen molar-refractivity contribution in [2.75, 3.05) is 32.7 Å². The summed E-state index contributed by atoms with van der Waals surface area (Å²) >= 11 is 0. The summed E-state index contributed by atoms with van der Waals surface area (Å²) in [5.41, 5.74) is 5.87. The molecule has 0 saturated carbocycles. The number of benzene rings is 3. The Balaban J connectivity index is 1.16. The molecule has 3 heterocycles. The molecule has 2 atom stereocenters. The summed E-state index contributed by atoms with van der Waals surface area (Å²) in [7, 11) is 0. The van der Waals surface area contributed by atoms with Crippen LogP contribution in [0, 0.1) is 5.82 Å². The number of nitrogens with zero attached hydrogens (tertiary/aromatic N) is 2. The Morgan fingerprint density at radius 1 is 0.976 bits per heavy atom. The van der Waals surface area contributed by atoms with Gasteiger partial charge in [-0.05, 0) is 58.9 Å². The molecule has 3 aliphatic heterocycles. The first-order chi connectivity index (χ1) is 20.0. The Kier molecular flexibility index (Phi) is 7.65. The van der Waals surface area contributed by atoms with Gasteiger partial charge in [0.25, 0.3) is 5.91 Å². The maximum absolute atomic E-state index is 13.8. The number of carbonyl (C=O) groups is 3. The first-order valence-corrected chi connectivity index (χ1v) is 14.2. The van der Waals surface area contributed by atoms with Gasteiger partial charge in [0.15, 0.2) is 0 Å². The van der Waals surface area contributed by atoms with E-state index in [0.29, 0.717) is 44.6 Å². The molecular formula is C33H33FN4O3. The van der Waals surface area contributed by atoms with Gasteiger partial charge in [-0.15, -0.1) is 0 Å². The van der Waals surface area contributed by atoms with Gasteiger partial charge >= 0.3 is 0 Å². The molecule has 3 aromatic rings. The fourth-order valence-electron chi connectivity index (χ4n) is 6.22. The van der Waals surface area contributed by atoms with Gasteiger partial charge in [-0.25, -0.2) is 4.39 Å². The molecule has 0 aliphatic carbocycles. The van der Waals surface area contributed by atoms with Crippen molar-refractivity contribution in [2.45, 2.75) is 31.3 Å². The van der Waals surface area contributed by atoms with Gasteiger partial charge in [-0.2, -0.15) is 0 Å². The third-order valence-corrected chi connectivity index (χ3v) is 8.34. The maximum atomic E-state index is 13.8. The number of amides is 3. The van der Waals surface area contributed by atoms with Crippen LogP contribution in [0.4, 0.5) is 4.39 Å². The molecule has 3 aromatic carbocycles. The number of hydrogen-bond acceptors (Lipinski definition) is 4. The van der Waals surface area contributed by atoms with Gasteiger partial charge in [0.2, 0.25) is 11.8 Å². The highest BCUT2D eigenvalue weighted by atomic mass is 19.1. The van der Waals surface area contributed by atoms with Crippen LogP contribution in [0.1, 0.15) is 45.1 Å². The average Bonchev–Trinajstić information content (AvgIpc) is 3.00. The lowest BCUT2D eigenvalue weighted by molar-refractivity contribution is -0.136. The summed E-state index contributed by atoms with van der Waals surface area (Å²) in [6.07, 6.45) is 3.83. The highest BCUT2D eigenvalue weighted by Crippen LogP contribution is 2.34. The molecule has 0 radical (unpaired) electrons. The summed E-state index contributed by atoms with van der Waals surface area (Å²) in [6, 6.07) is 21.2. The van der Waals surface area contributed by atoms with Crippen LogP contribution in [0.25, 0.3) is 5.57 Å². The topological polar surface area (TPSA) is 81.8 Å². The van der Waals surface area contributed by atoms with Gasteiger partial charge in [0, 0.05) is 38.2 Å². The molecule has 0 spiro atoms. The summed E-state index contributed by atoms with van der Waals surface area (Å²) < 4.78 is 13.4. The van der Waals surface area contributed by atoms with E-state index >= 15 is 0 Å². The van der Waals surface area contributed by atoms with Gasteiger partial charge in [-0.1, -0.05) is 60.7 Å². The van der Waals surface area contributed by atoms with Crippen molar-refractivity contribution < 1.29 is 18.8 Å². The minimum Gasteiger partial charge on any atom is -0.350 e.